The van der Waals surface area contributed by atoms with Crippen LogP contribution in [0, 0.1) is 5.92 Å². The molecule has 0 amide bonds. The van der Waals surface area contributed by atoms with E-state index in [0.717, 1.165) is 18.4 Å². The van der Waals surface area contributed by atoms with E-state index in [2.05, 4.69) is 10.3 Å². The van der Waals surface area contributed by atoms with Gasteiger partial charge in [-0.05, 0) is 30.4 Å². The number of carbonyl (C=O) groups excluding carboxylic acids is 1. The Morgan fingerprint density at radius 1 is 1.19 bits per heavy atom. The molecule has 1 aliphatic carbocycles. The highest BCUT2D eigenvalue weighted by Crippen LogP contribution is 2.40. The fraction of sp³-hybridized carbons (Fsp3) is 0.368. The monoisotopic (exact) mass is 364 g/mol. The Balaban J connectivity index is 1.74. The van der Waals surface area contributed by atoms with Gasteiger partial charge in [0.05, 0.1) is 6.54 Å². The van der Waals surface area contributed by atoms with Gasteiger partial charge in [-0.3, -0.25) is 4.79 Å². The first-order chi connectivity index (χ1) is 12.4. The SMILES string of the molecule is O=C(CNc1nccc(OCc2ccccc2)c1C(F)(F)F)CC1CC1. The molecule has 3 rings (SSSR count). The van der Waals surface area contributed by atoms with Gasteiger partial charge in [-0.15, -0.1) is 0 Å². The molecule has 1 fully saturated rings. The predicted molar refractivity (Wildman–Crippen MR) is 90.9 cm³/mol. The molecule has 1 aromatic carbocycles. The fourth-order valence-corrected chi connectivity index (χ4v) is 2.61. The topological polar surface area (TPSA) is 51.2 Å². The van der Waals surface area contributed by atoms with Crippen molar-refractivity contribution in [2.45, 2.75) is 32.0 Å². The number of rotatable bonds is 8. The average molecular weight is 364 g/mol. The summed E-state index contributed by atoms with van der Waals surface area (Å²) in [5, 5.41) is 2.53. The minimum absolute atomic E-state index is 0.00792. The summed E-state index contributed by atoms with van der Waals surface area (Å²) in [6, 6.07) is 10.1. The standard InChI is InChI=1S/C19H19F3N2O2/c20-19(21,22)17-16(26-12-14-4-2-1-3-5-14)8-9-23-18(17)24-11-15(25)10-13-6-7-13/h1-5,8-9,13H,6-7,10-12H2,(H,23,24). The molecule has 1 N–H and O–H groups in total. The molecule has 1 saturated carbocycles. The smallest absolute Gasteiger partial charge is 0.423 e. The zero-order valence-corrected chi connectivity index (χ0v) is 14.1. The van der Waals surface area contributed by atoms with Gasteiger partial charge in [0.25, 0.3) is 0 Å². The number of Topliss-reactive ketones (excluding diaryl/α,β-unsaturated/α-hetero) is 1. The Bertz CT molecular complexity index is 759. The number of anilines is 1. The summed E-state index contributed by atoms with van der Waals surface area (Å²) in [5.74, 6) is -0.418. The van der Waals surface area contributed by atoms with Gasteiger partial charge in [-0.1, -0.05) is 30.3 Å². The largest absolute Gasteiger partial charge is 0.488 e. The molecular weight excluding hydrogens is 345 g/mol. The average Bonchev–Trinajstić information content (AvgIpc) is 3.42. The van der Waals surface area contributed by atoms with Gasteiger partial charge in [-0.2, -0.15) is 13.2 Å². The number of aromatic nitrogens is 1. The normalized spacial score (nSPS) is 14.1. The van der Waals surface area contributed by atoms with Gasteiger partial charge in [0.15, 0.2) is 5.78 Å². The van der Waals surface area contributed by atoms with Crippen molar-refractivity contribution in [1.82, 2.24) is 4.98 Å². The van der Waals surface area contributed by atoms with E-state index in [1.165, 1.54) is 12.3 Å². The molecule has 26 heavy (non-hydrogen) atoms. The molecule has 0 atom stereocenters. The highest BCUT2D eigenvalue weighted by molar-refractivity contribution is 5.83. The molecule has 0 aliphatic heterocycles. The van der Waals surface area contributed by atoms with Crippen molar-refractivity contribution in [2.75, 3.05) is 11.9 Å². The van der Waals surface area contributed by atoms with Crippen molar-refractivity contribution in [3.63, 3.8) is 0 Å². The van der Waals surface area contributed by atoms with E-state index in [-0.39, 0.29) is 30.5 Å². The summed E-state index contributed by atoms with van der Waals surface area (Å²) in [5.41, 5.74) is -0.235. The van der Waals surface area contributed by atoms with Crippen LogP contribution in [0.2, 0.25) is 0 Å². The van der Waals surface area contributed by atoms with Crippen molar-refractivity contribution in [2.24, 2.45) is 5.92 Å². The van der Waals surface area contributed by atoms with E-state index in [1.807, 2.05) is 6.07 Å². The van der Waals surface area contributed by atoms with Gasteiger partial charge in [0.2, 0.25) is 0 Å². The second kappa shape index (κ2) is 7.76. The Morgan fingerprint density at radius 3 is 2.58 bits per heavy atom. The number of alkyl halides is 3. The fourth-order valence-electron chi connectivity index (χ4n) is 2.61. The van der Waals surface area contributed by atoms with Gasteiger partial charge in [0, 0.05) is 12.6 Å². The Hall–Kier alpha value is -2.57. The second-order valence-corrected chi connectivity index (χ2v) is 6.34. The lowest BCUT2D eigenvalue weighted by molar-refractivity contribution is -0.138. The number of pyridine rings is 1. The van der Waals surface area contributed by atoms with E-state index in [9.17, 15) is 18.0 Å². The summed E-state index contributed by atoms with van der Waals surface area (Å²) in [7, 11) is 0. The van der Waals surface area contributed by atoms with Gasteiger partial charge in [-0.25, -0.2) is 4.98 Å². The van der Waals surface area contributed by atoms with Crippen LogP contribution in [-0.4, -0.2) is 17.3 Å². The van der Waals surface area contributed by atoms with Crippen LogP contribution in [0.4, 0.5) is 19.0 Å². The maximum Gasteiger partial charge on any atom is 0.423 e. The summed E-state index contributed by atoms with van der Waals surface area (Å²) in [4.78, 5) is 15.6. The molecule has 1 aromatic heterocycles. The number of benzene rings is 1. The number of ketones is 1. The lowest BCUT2D eigenvalue weighted by Gasteiger charge is -2.17. The summed E-state index contributed by atoms with van der Waals surface area (Å²) >= 11 is 0. The van der Waals surface area contributed by atoms with E-state index < -0.39 is 11.7 Å². The minimum atomic E-state index is -4.65. The highest BCUT2D eigenvalue weighted by Gasteiger charge is 2.38. The van der Waals surface area contributed by atoms with Crippen molar-refractivity contribution >= 4 is 11.6 Å². The Labute approximate surface area is 149 Å². The summed E-state index contributed by atoms with van der Waals surface area (Å²) < 4.78 is 46.0. The molecule has 2 aromatic rings. The third-order valence-electron chi connectivity index (χ3n) is 4.10. The van der Waals surface area contributed by atoms with Crippen LogP contribution in [0.25, 0.3) is 0 Å². The van der Waals surface area contributed by atoms with Crippen LogP contribution in [0.5, 0.6) is 5.75 Å². The van der Waals surface area contributed by atoms with Crippen LogP contribution in [0.15, 0.2) is 42.6 Å². The first kappa shape index (κ1) is 18.2. The van der Waals surface area contributed by atoms with Crippen molar-refractivity contribution < 1.29 is 22.7 Å². The number of nitrogens with one attached hydrogen (secondary N) is 1. The Morgan fingerprint density at radius 2 is 1.92 bits per heavy atom. The number of halogens is 3. The lowest BCUT2D eigenvalue weighted by atomic mass is 10.2. The van der Waals surface area contributed by atoms with Crippen LogP contribution < -0.4 is 10.1 Å². The van der Waals surface area contributed by atoms with E-state index in [1.54, 1.807) is 24.3 Å². The lowest BCUT2D eigenvalue weighted by Crippen LogP contribution is -2.19. The quantitative estimate of drug-likeness (QED) is 0.751. The highest BCUT2D eigenvalue weighted by atomic mass is 19.4. The summed E-state index contributed by atoms with van der Waals surface area (Å²) in [6.45, 7) is -0.164. The maximum atomic E-state index is 13.5. The molecule has 0 saturated heterocycles. The molecule has 0 unspecified atom stereocenters. The molecule has 7 heteroatoms. The molecule has 1 aliphatic rings. The van der Waals surface area contributed by atoms with Crippen LogP contribution in [-0.2, 0) is 17.6 Å². The Kier molecular flexibility index (Phi) is 5.44. The number of carbonyl (C=O) groups is 1. The molecule has 0 spiro atoms. The molecule has 1 heterocycles. The van der Waals surface area contributed by atoms with E-state index in [0.29, 0.717) is 12.3 Å². The number of nitrogens with zero attached hydrogens (tertiary/aromatic N) is 1. The molecule has 0 radical (unpaired) electrons. The van der Waals surface area contributed by atoms with E-state index >= 15 is 0 Å². The number of hydrogen-bond donors (Lipinski definition) is 1. The van der Waals surface area contributed by atoms with Gasteiger partial charge >= 0.3 is 6.18 Å². The van der Waals surface area contributed by atoms with Gasteiger partial charge < -0.3 is 10.1 Å². The van der Waals surface area contributed by atoms with E-state index in [4.69, 9.17) is 4.74 Å². The number of hydrogen-bond acceptors (Lipinski definition) is 4. The third-order valence-corrected chi connectivity index (χ3v) is 4.10. The predicted octanol–water partition coefficient (Wildman–Crippen LogP) is 4.46. The third kappa shape index (κ3) is 4.97. The molecule has 0 bridgehead atoms. The first-order valence-electron chi connectivity index (χ1n) is 8.42. The second-order valence-electron chi connectivity index (χ2n) is 6.34. The maximum absolute atomic E-state index is 13.5. The first-order valence-corrected chi connectivity index (χ1v) is 8.42. The van der Waals surface area contributed by atoms with Crippen LogP contribution in [0.1, 0.15) is 30.4 Å². The molecule has 138 valence electrons. The molecule has 4 nitrogen and oxygen atoms in total. The van der Waals surface area contributed by atoms with Crippen molar-refractivity contribution in [1.29, 1.82) is 0 Å². The van der Waals surface area contributed by atoms with Crippen molar-refractivity contribution in [3.8, 4) is 5.75 Å². The van der Waals surface area contributed by atoms with Crippen LogP contribution in [0.3, 0.4) is 0 Å². The zero-order chi connectivity index (χ0) is 18.6. The summed E-state index contributed by atoms with van der Waals surface area (Å²) in [6.07, 6.45) is -0.981. The van der Waals surface area contributed by atoms with Crippen molar-refractivity contribution in [3.05, 3.63) is 53.7 Å². The van der Waals surface area contributed by atoms with Gasteiger partial charge in [0.1, 0.15) is 23.7 Å². The molecular formula is C19H19F3N2O2. The van der Waals surface area contributed by atoms with Crippen LogP contribution >= 0.6 is 0 Å². The minimum Gasteiger partial charge on any atom is -0.488 e. The zero-order valence-electron chi connectivity index (χ0n) is 14.1. The number of ether oxygens (including phenoxy) is 1.